The van der Waals surface area contributed by atoms with Gasteiger partial charge in [0.1, 0.15) is 0 Å². The normalized spacial score (nSPS) is 16.2. The number of fused-ring (bicyclic) bond motifs is 1. The average molecular weight is 482 g/mol. The predicted octanol–water partition coefficient (Wildman–Crippen LogP) is 5.77. The summed E-state index contributed by atoms with van der Waals surface area (Å²) in [5.41, 5.74) is 6.45. The number of carbonyl (C=O) groups excluding carboxylic acids is 1. The lowest BCUT2D eigenvalue weighted by Crippen LogP contribution is -2.31. The molecule has 1 unspecified atom stereocenters. The van der Waals surface area contributed by atoms with Crippen LogP contribution in [0.2, 0.25) is 0 Å². The van der Waals surface area contributed by atoms with Gasteiger partial charge in [0.15, 0.2) is 5.60 Å². The summed E-state index contributed by atoms with van der Waals surface area (Å²) >= 11 is 0. The van der Waals surface area contributed by atoms with Crippen LogP contribution in [0.25, 0.3) is 0 Å². The SMILES string of the molecule is C=CCN(CC=C)c1ccc(C2(c3ccc(N(C)C)cc3)OC(=O)c3cc(N(C)C)ccc32)c(C)c1. The molecule has 1 atom stereocenters. The summed E-state index contributed by atoms with van der Waals surface area (Å²) in [6, 6.07) is 20.6. The van der Waals surface area contributed by atoms with E-state index < -0.39 is 5.60 Å². The third kappa shape index (κ3) is 4.26. The second-order valence-electron chi connectivity index (χ2n) is 9.62. The molecule has 0 spiro atoms. The number of esters is 1. The van der Waals surface area contributed by atoms with Crippen LogP contribution in [-0.4, -0.2) is 47.2 Å². The minimum Gasteiger partial charge on any atom is -0.441 e. The summed E-state index contributed by atoms with van der Waals surface area (Å²) in [7, 11) is 7.96. The molecule has 1 heterocycles. The highest BCUT2D eigenvalue weighted by molar-refractivity contribution is 5.97. The average Bonchev–Trinajstić information content (AvgIpc) is 3.16. The molecule has 0 amide bonds. The van der Waals surface area contributed by atoms with E-state index in [1.807, 2.05) is 63.4 Å². The van der Waals surface area contributed by atoms with Gasteiger partial charge in [-0.05, 0) is 48.9 Å². The molecule has 0 saturated carbocycles. The second-order valence-corrected chi connectivity index (χ2v) is 9.62. The van der Waals surface area contributed by atoms with Gasteiger partial charge in [0.05, 0.1) is 5.56 Å². The number of cyclic esters (lactones) is 1. The van der Waals surface area contributed by atoms with Crippen molar-refractivity contribution in [2.45, 2.75) is 12.5 Å². The molecule has 0 radical (unpaired) electrons. The zero-order valence-corrected chi connectivity index (χ0v) is 21.9. The lowest BCUT2D eigenvalue weighted by molar-refractivity contribution is 0.0250. The monoisotopic (exact) mass is 481 g/mol. The fourth-order valence-corrected chi connectivity index (χ4v) is 4.94. The Morgan fingerprint density at radius 1 is 0.778 bits per heavy atom. The van der Waals surface area contributed by atoms with Crippen LogP contribution in [0.3, 0.4) is 0 Å². The van der Waals surface area contributed by atoms with Gasteiger partial charge in [-0.15, -0.1) is 13.2 Å². The lowest BCUT2D eigenvalue weighted by Gasteiger charge is -2.33. The Labute approximate surface area is 214 Å². The molecule has 0 aliphatic carbocycles. The van der Waals surface area contributed by atoms with Crippen molar-refractivity contribution in [3.05, 3.63) is 114 Å². The van der Waals surface area contributed by atoms with Crippen molar-refractivity contribution in [2.75, 3.05) is 56.0 Å². The number of benzene rings is 3. The molecule has 0 N–H and O–H groups in total. The Hall–Kier alpha value is -3.99. The van der Waals surface area contributed by atoms with Gasteiger partial charge < -0.3 is 19.4 Å². The van der Waals surface area contributed by atoms with Crippen LogP contribution in [0.5, 0.6) is 0 Å². The van der Waals surface area contributed by atoms with Crippen molar-refractivity contribution in [2.24, 2.45) is 0 Å². The highest BCUT2D eigenvalue weighted by Crippen LogP contribution is 2.49. The summed E-state index contributed by atoms with van der Waals surface area (Å²) in [6.45, 7) is 11.3. The highest BCUT2D eigenvalue weighted by Gasteiger charge is 2.49. The summed E-state index contributed by atoms with van der Waals surface area (Å²) in [6.07, 6.45) is 3.77. The third-order valence-electron chi connectivity index (χ3n) is 6.81. The van der Waals surface area contributed by atoms with Crippen molar-refractivity contribution in [3.63, 3.8) is 0 Å². The number of hydrogen-bond donors (Lipinski definition) is 0. The van der Waals surface area contributed by atoms with Crippen LogP contribution in [0, 0.1) is 6.92 Å². The number of nitrogens with zero attached hydrogens (tertiary/aromatic N) is 3. The van der Waals surface area contributed by atoms with Crippen molar-refractivity contribution in [1.29, 1.82) is 0 Å². The predicted molar refractivity (Wildman–Crippen MR) is 151 cm³/mol. The van der Waals surface area contributed by atoms with Gasteiger partial charge in [-0.2, -0.15) is 0 Å². The fraction of sp³-hybridized carbons (Fsp3) is 0.258. The molecule has 0 saturated heterocycles. The first-order chi connectivity index (χ1) is 17.2. The molecule has 186 valence electrons. The Bertz CT molecular complexity index is 1280. The van der Waals surface area contributed by atoms with E-state index in [1.54, 1.807) is 0 Å². The van der Waals surface area contributed by atoms with E-state index in [-0.39, 0.29) is 5.97 Å². The number of aryl methyl sites for hydroxylation is 1. The van der Waals surface area contributed by atoms with E-state index in [0.717, 1.165) is 39.3 Å². The van der Waals surface area contributed by atoms with Crippen LogP contribution >= 0.6 is 0 Å². The van der Waals surface area contributed by atoms with Gasteiger partial charge in [0.2, 0.25) is 0 Å². The van der Waals surface area contributed by atoms with E-state index in [4.69, 9.17) is 4.74 Å². The minimum absolute atomic E-state index is 0.311. The Balaban J connectivity index is 1.94. The van der Waals surface area contributed by atoms with Crippen LogP contribution in [-0.2, 0) is 10.3 Å². The summed E-state index contributed by atoms with van der Waals surface area (Å²) < 4.78 is 6.39. The van der Waals surface area contributed by atoms with Crippen molar-refractivity contribution < 1.29 is 9.53 Å². The number of hydrogen-bond acceptors (Lipinski definition) is 5. The topological polar surface area (TPSA) is 36.0 Å². The Morgan fingerprint density at radius 3 is 1.89 bits per heavy atom. The quantitative estimate of drug-likeness (QED) is 0.287. The van der Waals surface area contributed by atoms with Gasteiger partial charge in [-0.3, -0.25) is 0 Å². The lowest BCUT2D eigenvalue weighted by atomic mass is 9.78. The van der Waals surface area contributed by atoms with E-state index in [0.29, 0.717) is 18.7 Å². The highest BCUT2D eigenvalue weighted by atomic mass is 16.6. The minimum atomic E-state index is -1.04. The molecular weight excluding hydrogens is 446 g/mol. The molecule has 0 aromatic heterocycles. The molecule has 0 bridgehead atoms. The van der Waals surface area contributed by atoms with Gasteiger partial charge in [0, 0.05) is 75.0 Å². The van der Waals surface area contributed by atoms with E-state index >= 15 is 0 Å². The van der Waals surface area contributed by atoms with Gasteiger partial charge in [-0.1, -0.05) is 36.4 Å². The van der Waals surface area contributed by atoms with Crippen molar-refractivity contribution in [3.8, 4) is 0 Å². The summed E-state index contributed by atoms with van der Waals surface area (Å²) in [4.78, 5) is 19.6. The molecule has 1 aliphatic rings. The van der Waals surface area contributed by atoms with E-state index in [2.05, 4.69) is 72.3 Å². The molecule has 5 heteroatoms. The first-order valence-electron chi connectivity index (χ1n) is 12.1. The molecule has 36 heavy (non-hydrogen) atoms. The fourth-order valence-electron chi connectivity index (χ4n) is 4.94. The molecule has 4 rings (SSSR count). The Kier molecular flexibility index (Phi) is 6.93. The van der Waals surface area contributed by atoms with E-state index in [1.165, 1.54) is 0 Å². The van der Waals surface area contributed by atoms with Crippen molar-refractivity contribution >= 4 is 23.0 Å². The van der Waals surface area contributed by atoms with Crippen molar-refractivity contribution in [1.82, 2.24) is 0 Å². The first kappa shape index (κ1) is 25.1. The van der Waals surface area contributed by atoms with Crippen LogP contribution in [0.1, 0.15) is 32.6 Å². The zero-order chi connectivity index (χ0) is 26.0. The van der Waals surface area contributed by atoms with Crippen LogP contribution < -0.4 is 14.7 Å². The number of carbonyl (C=O) groups is 1. The maximum Gasteiger partial charge on any atom is 0.340 e. The third-order valence-corrected chi connectivity index (χ3v) is 6.81. The molecular formula is C31H35N3O2. The molecule has 3 aromatic carbocycles. The number of rotatable bonds is 9. The number of ether oxygens (including phenoxy) is 1. The standard InChI is InChI=1S/C31H35N3O2/c1-8-18-34(19-9-2)26-15-16-28(22(3)20-26)31(23-10-12-24(13-11-23)32(4)5)29-17-14-25(33(6)7)21-27(29)30(35)36-31/h8-17,20-21H,1-2,18-19H2,3-7H3. The maximum atomic E-state index is 13.4. The van der Waals surface area contributed by atoms with Gasteiger partial charge in [-0.25, -0.2) is 4.79 Å². The molecule has 1 aliphatic heterocycles. The van der Waals surface area contributed by atoms with Gasteiger partial charge >= 0.3 is 5.97 Å². The summed E-state index contributed by atoms with van der Waals surface area (Å²) in [5.74, 6) is -0.311. The molecule has 5 nitrogen and oxygen atoms in total. The maximum absolute atomic E-state index is 13.4. The smallest absolute Gasteiger partial charge is 0.340 e. The van der Waals surface area contributed by atoms with E-state index in [9.17, 15) is 4.79 Å². The largest absolute Gasteiger partial charge is 0.441 e. The first-order valence-corrected chi connectivity index (χ1v) is 12.1. The van der Waals surface area contributed by atoms with Gasteiger partial charge in [0.25, 0.3) is 0 Å². The molecule has 0 fully saturated rings. The zero-order valence-electron chi connectivity index (χ0n) is 21.9. The Morgan fingerprint density at radius 2 is 1.33 bits per heavy atom. The van der Waals surface area contributed by atoms with Crippen LogP contribution in [0.15, 0.2) is 86.0 Å². The number of anilines is 3. The molecule has 3 aromatic rings. The van der Waals surface area contributed by atoms with Crippen LogP contribution in [0.4, 0.5) is 17.1 Å². The second kappa shape index (κ2) is 9.94. The summed E-state index contributed by atoms with van der Waals surface area (Å²) in [5, 5.41) is 0.